The molecule has 1 saturated carbocycles. The van der Waals surface area contributed by atoms with Gasteiger partial charge < -0.3 is 15.1 Å². The van der Waals surface area contributed by atoms with Crippen LogP contribution < -0.4 is 5.32 Å². The van der Waals surface area contributed by atoms with E-state index in [-0.39, 0.29) is 11.8 Å². The summed E-state index contributed by atoms with van der Waals surface area (Å²) in [6, 6.07) is 15.8. The van der Waals surface area contributed by atoms with Crippen molar-refractivity contribution in [3.63, 3.8) is 0 Å². The molecule has 0 bridgehead atoms. The van der Waals surface area contributed by atoms with Crippen molar-refractivity contribution in [2.75, 3.05) is 20.1 Å². The highest BCUT2D eigenvalue weighted by Gasteiger charge is 2.40. The van der Waals surface area contributed by atoms with Crippen molar-refractivity contribution in [2.24, 2.45) is 0 Å². The molecule has 0 unspecified atom stereocenters. The van der Waals surface area contributed by atoms with Gasteiger partial charge in [0.25, 0.3) is 5.91 Å². The number of nitrogens with one attached hydrogen (secondary N) is 1. The van der Waals surface area contributed by atoms with Gasteiger partial charge in [0.2, 0.25) is 5.91 Å². The molecule has 1 fully saturated rings. The minimum atomic E-state index is -0.573. The molecule has 1 N–H and O–H groups in total. The first-order valence-electron chi connectivity index (χ1n) is 12.0. The van der Waals surface area contributed by atoms with E-state index in [9.17, 15) is 9.59 Å². The third kappa shape index (κ3) is 5.04. The molecule has 4 rings (SSSR count). The number of carbonyl (C=O) groups excluding carboxylic acids is 2. The average molecular weight is 434 g/mol. The number of amides is 2. The Balaban J connectivity index is 1.38. The highest BCUT2D eigenvalue weighted by Crippen LogP contribution is 2.35. The molecule has 32 heavy (non-hydrogen) atoms. The van der Waals surface area contributed by atoms with Crippen LogP contribution in [0, 0.1) is 6.92 Å². The molecule has 2 aliphatic rings. The van der Waals surface area contributed by atoms with Crippen LogP contribution in [0.2, 0.25) is 0 Å². The Morgan fingerprint density at radius 2 is 1.78 bits per heavy atom. The fraction of sp³-hybridized carbons (Fsp3) is 0.481. The molecule has 170 valence electrons. The van der Waals surface area contributed by atoms with Gasteiger partial charge in [-0.2, -0.15) is 0 Å². The summed E-state index contributed by atoms with van der Waals surface area (Å²) in [5.74, 6) is -0.158. The summed E-state index contributed by atoms with van der Waals surface area (Å²) >= 11 is 0. The molecule has 5 nitrogen and oxygen atoms in total. The monoisotopic (exact) mass is 433 g/mol. The second-order valence-electron chi connectivity index (χ2n) is 9.33. The first kappa shape index (κ1) is 22.5. The van der Waals surface area contributed by atoms with Crippen molar-refractivity contribution in [1.82, 2.24) is 15.1 Å². The summed E-state index contributed by atoms with van der Waals surface area (Å²) in [4.78, 5) is 30.5. The number of hydrogen-bond donors (Lipinski definition) is 1. The zero-order valence-corrected chi connectivity index (χ0v) is 19.3. The van der Waals surface area contributed by atoms with E-state index >= 15 is 0 Å². The third-order valence-electron chi connectivity index (χ3n) is 6.97. The number of carbonyl (C=O) groups is 2. The maximum atomic E-state index is 13.2. The second kappa shape index (κ2) is 10.3. The molecule has 0 spiro atoms. The average Bonchev–Trinajstić information content (AvgIpc) is 3.10. The van der Waals surface area contributed by atoms with E-state index in [4.69, 9.17) is 0 Å². The van der Waals surface area contributed by atoms with Gasteiger partial charge in [0, 0.05) is 24.7 Å². The zero-order chi connectivity index (χ0) is 22.5. The van der Waals surface area contributed by atoms with Crippen molar-refractivity contribution in [2.45, 2.75) is 64.1 Å². The van der Waals surface area contributed by atoms with E-state index in [0.717, 1.165) is 24.1 Å². The van der Waals surface area contributed by atoms with Crippen LogP contribution >= 0.6 is 0 Å². The SMILES string of the molecule is Cc1ccc(CN2C(=O)c3ccccc3[C@@H]2C(=O)NCCCN(C)C2CCCCC2)cc1. The Labute approximate surface area is 191 Å². The summed E-state index contributed by atoms with van der Waals surface area (Å²) in [5, 5.41) is 3.11. The molecule has 1 atom stereocenters. The zero-order valence-electron chi connectivity index (χ0n) is 19.3. The standard InChI is InChI=1S/C27H35N3O2/c1-20-13-15-21(16-14-20)19-30-25(23-11-6-7-12-24(23)27(30)32)26(31)28-17-8-18-29(2)22-9-4-3-5-10-22/h6-7,11-16,22,25H,3-5,8-10,17-19H2,1-2H3,(H,28,31)/t25-/m1/s1. The number of nitrogens with zero attached hydrogens (tertiary/aromatic N) is 2. The molecule has 1 aliphatic heterocycles. The molecule has 0 saturated heterocycles. The lowest BCUT2D eigenvalue weighted by Gasteiger charge is -2.31. The third-order valence-corrected chi connectivity index (χ3v) is 6.97. The molecule has 5 heteroatoms. The molecule has 2 amide bonds. The first-order valence-corrected chi connectivity index (χ1v) is 12.0. The van der Waals surface area contributed by atoms with Gasteiger partial charge in [0.1, 0.15) is 6.04 Å². The summed E-state index contributed by atoms with van der Waals surface area (Å²) in [6.45, 7) is 4.08. The smallest absolute Gasteiger partial charge is 0.255 e. The van der Waals surface area contributed by atoms with Crippen molar-refractivity contribution in [3.05, 3.63) is 70.8 Å². The van der Waals surface area contributed by atoms with Crippen molar-refractivity contribution < 1.29 is 9.59 Å². The highest BCUT2D eigenvalue weighted by molar-refractivity contribution is 6.04. The minimum absolute atomic E-state index is 0.0710. The largest absolute Gasteiger partial charge is 0.354 e. The first-order chi connectivity index (χ1) is 15.5. The van der Waals surface area contributed by atoms with Gasteiger partial charge in [-0.15, -0.1) is 0 Å². The Morgan fingerprint density at radius 1 is 1.06 bits per heavy atom. The molecule has 0 aromatic heterocycles. The molecule has 0 radical (unpaired) electrons. The van der Waals surface area contributed by atoms with Gasteiger partial charge in [-0.1, -0.05) is 67.3 Å². The predicted molar refractivity (Wildman–Crippen MR) is 127 cm³/mol. The number of aryl methyl sites for hydroxylation is 1. The number of benzene rings is 2. The van der Waals surface area contributed by atoms with Crippen LogP contribution in [0.1, 0.15) is 71.6 Å². The van der Waals surface area contributed by atoms with E-state index in [2.05, 4.69) is 17.3 Å². The maximum Gasteiger partial charge on any atom is 0.255 e. The van der Waals surface area contributed by atoms with Gasteiger partial charge in [-0.25, -0.2) is 0 Å². The van der Waals surface area contributed by atoms with Gasteiger partial charge in [-0.05, 0) is 57.0 Å². The molecule has 1 heterocycles. The summed E-state index contributed by atoms with van der Waals surface area (Å²) in [7, 11) is 2.20. The fourth-order valence-electron chi connectivity index (χ4n) is 5.05. The topological polar surface area (TPSA) is 52.7 Å². The Bertz CT molecular complexity index is 934. The molecule has 2 aromatic carbocycles. The lowest BCUT2D eigenvalue weighted by atomic mass is 9.94. The van der Waals surface area contributed by atoms with E-state index in [1.54, 1.807) is 4.90 Å². The van der Waals surface area contributed by atoms with E-state index in [1.165, 1.54) is 37.7 Å². The lowest BCUT2D eigenvalue weighted by Crippen LogP contribution is -2.40. The van der Waals surface area contributed by atoms with Gasteiger partial charge in [0.15, 0.2) is 0 Å². The van der Waals surface area contributed by atoms with Crippen molar-refractivity contribution in [1.29, 1.82) is 0 Å². The van der Waals surface area contributed by atoms with Gasteiger partial charge >= 0.3 is 0 Å². The summed E-state index contributed by atoms with van der Waals surface area (Å²) < 4.78 is 0. The van der Waals surface area contributed by atoms with Crippen LogP contribution in [0.5, 0.6) is 0 Å². The van der Waals surface area contributed by atoms with Crippen LogP contribution in [0.4, 0.5) is 0 Å². The van der Waals surface area contributed by atoms with Gasteiger partial charge in [0.05, 0.1) is 0 Å². The van der Waals surface area contributed by atoms with E-state index in [1.807, 2.05) is 55.5 Å². The van der Waals surface area contributed by atoms with E-state index in [0.29, 0.717) is 24.7 Å². The molecular formula is C27H35N3O2. The molecule has 1 aliphatic carbocycles. The Hall–Kier alpha value is -2.66. The number of rotatable bonds is 8. The van der Waals surface area contributed by atoms with Gasteiger partial charge in [-0.3, -0.25) is 9.59 Å². The number of fused-ring (bicyclic) bond motifs is 1. The predicted octanol–water partition coefficient (Wildman–Crippen LogP) is 4.46. The molecule has 2 aromatic rings. The van der Waals surface area contributed by atoms with Crippen LogP contribution in [0.15, 0.2) is 48.5 Å². The normalized spacial score (nSPS) is 18.8. The lowest BCUT2D eigenvalue weighted by molar-refractivity contribution is -0.125. The number of hydrogen-bond acceptors (Lipinski definition) is 3. The van der Waals surface area contributed by atoms with Crippen LogP contribution in [0.25, 0.3) is 0 Å². The van der Waals surface area contributed by atoms with Crippen LogP contribution in [0.3, 0.4) is 0 Å². The second-order valence-corrected chi connectivity index (χ2v) is 9.33. The fourth-order valence-corrected chi connectivity index (χ4v) is 5.05. The highest BCUT2D eigenvalue weighted by atomic mass is 16.2. The Kier molecular flexibility index (Phi) is 7.26. The van der Waals surface area contributed by atoms with Crippen molar-refractivity contribution in [3.8, 4) is 0 Å². The van der Waals surface area contributed by atoms with E-state index < -0.39 is 6.04 Å². The summed E-state index contributed by atoms with van der Waals surface area (Å²) in [5.41, 5.74) is 3.65. The minimum Gasteiger partial charge on any atom is -0.354 e. The van der Waals surface area contributed by atoms with Crippen LogP contribution in [-0.4, -0.2) is 47.8 Å². The Morgan fingerprint density at radius 3 is 2.53 bits per heavy atom. The maximum absolute atomic E-state index is 13.2. The van der Waals surface area contributed by atoms with Crippen molar-refractivity contribution >= 4 is 11.8 Å². The molecular weight excluding hydrogens is 398 g/mol. The van der Waals surface area contributed by atoms with Crippen LogP contribution in [-0.2, 0) is 11.3 Å². The summed E-state index contributed by atoms with van der Waals surface area (Å²) in [6.07, 6.45) is 7.52. The quantitative estimate of drug-likeness (QED) is 0.625.